The molecule has 0 aliphatic carbocycles. The van der Waals surface area contributed by atoms with E-state index in [1.807, 2.05) is 0 Å². The molecule has 0 spiro atoms. The van der Waals surface area contributed by atoms with Crippen molar-refractivity contribution in [3.8, 4) is 0 Å². The molecule has 2 unspecified atom stereocenters. The number of rotatable bonds is 14. The van der Waals surface area contributed by atoms with Gasteiger partial charge in [0.15, 0.2) is 0 Å². The molecular formula is C20H43P. The molecule has 1 heteroatoms. The smallest absolute Gasteiger partial charge is 0.0215 e. The molecule has 0 amide bonds. The maximum atomic E-state index is 3.05. The number of unbranched alkanes of at least 4 members (excludes halogenated alkanes) is 12. The summed E-state index contributed by atoms with van der Waals surface area (Å²) >= 11 is 0. The Morgan fingerprint density at radius 1 is 0.619 bits per heavy atom. The molecule has 0 nitrogen and oxygen atoms in total. The molecule has 0 fully saturated rings. The van der Waals surface area contributed by atoms with Crippen LogP contribution >= 0.6 is 9.24 Å². The minimum absolute atomic E-state index is 0.460. The molecule has 0 aliphatic heterocycles. The van der Waals surface area contributed by atoms with Crippen molar-refractivity contribution in [2.24, 2.45) is 5.41 Å². The van der Waals surface area contributed by atoms with E-state index >= 15 is 0 Å². The maximum Gasteiger partial charge on any atom is -0.0215 e. The van der Waals surface area contributed by atoms with Crippen LogP contribution in [0, 0.1) is 5.41 Å². The van der Waals surface area contributed by atoms with Gasteiger partial charge in [-0.05, 0) is 17.5 Å². The molecule has 0 aromatic carbocycles. The van der Waals surface area contributed by atoms with Crippen molar-refractivity contribution in [3.63, 3.8) is 0 Å². The Labute approximate surface area is 138 Å². The van der Waals surface area contributed by atoms with Crippen molar-refractivity contribution in [2.75, 3.05) is 0 Å². The summed E-state index contributed by atoms with van der Waals surface area (Å²) in [7, 11) is 3.05. The quantitative estimate of drug-likeness (QED) is 0.227. The molecule has 0 N–H and O–H groups in total. The third-order valence-electron chi connectivity index (χ3n) is 4.73. The van der Waals surface area contributed by atoms with Crippen molar-refractivity contribution >= 4 is 9.24 Å². The van der Waals surface area contributed by atoms with E-state index in [1.54, 1.807) is 0 Å². The highest BCUT2D eigenvalue weighted by Gasteiger charge is 2.19. The van der Waals surface area contributed by atoms with Gasteiger partial charge in [-0.1, -0.05) is 111 Å². The zero-order valence-electron chi connectivity index (χ0n) is 15.6. The third kappa shape index (κ3) is 15.1. The van der Waals surface area contributed by atoms with Crippen molar-refractivity contribution in [1.29, 1.82) is 0 Å². The fourth-order valence-electron chi connectivity index (χ4n) is 2.82. The topological polar surface area (TPSA) is 0 Å². The van der Waals surface area contributed by atoms with Crippen LogP contribution in [0.5, 0.6) is 0 Å². The van der Waals surface area contributed by atoms with Crippen LogP contribution < -0.4 is 0 Å². The largest absolute Gasteiger partial charge is 0.134 e. The van der Waals surface area contributed by atoms with Gasteiger partial charge in [-0.2, -0.15) is 0 Å². The van der Waals surface area contributed by atoms with Gasteiger partial charge in [0.25, 0.3) is 0 Å². The fraction of sp³-hybridized carbons (Fsp3) is 1.00. The molecule has 0 aliphatic rings. The normalized spacial score (nSPS) is 13.6. The summed E-state index contributed by atoms with van der Waals surface area (Å²) in [5, 5.41) is 0. The van der Waals surface area contributed by atoms with Crippen LogP contribution in [-0.2, 0) is 0 Å². The van der Waals surface area contributed by atoms with Gasteiger partial charge in [0, 0.05) is 0 Å². The van der Waals surface area contributed by atoms with Crippen molar-refractivity contribution in [3.05, 3.63) is 0 Å². The highest BCUT2D eigenvalue weighted by Crippen LogP contribution is 2.30. The Morgan fingerprint density at radius 2 is 0.952 bits per heavy atom. The zero-order chi connectivity index (χ0) is 16.0. The first kappa shape index (κ1) is 21.4. The van der Waals surface area contributed by atoms with E-state index < -0.39 is 0 Å². The monoisotopic (exact) mass is 314 g/mol. The van der Waals surface area contributed by atoms with Crippen LogP contribution in [0.2, 0.25) is 0 Å². The highest BCUT2D eigenvalue weighted by atomic mass is 31.0. The second-order valence-corrected chi connectivity index (χ2v) is 8.81. The van der Waals surface area contributed by atoms with E-state index in [1.165, 1.54) is 89.9 Å². The van der Waals surface area contributed by atoms with Gasteiger partial charge in [-0.15, -0.1) is 9.24 Å². The summed E-state index contributed by atoms with van der Waals surface area (Å²) in [6.45, 7) is 9.36. The second kappa shape index (κ2) is 14.0. The van der Waals surface area contributed by atoms with Crippen LogP contribution in [0.25, 0.3) is 0 Å². The molecular weight excluding hydrogens is 271 g/mol. The van der Waals surface area contributed by atoms with E-state index in [4.69, 9.17) is 0 Å². The van der Waals surface area contributed by atoms with Crippen LogP contribution in [0.4, 0.5) is 0 Å². The summed E-state index contributed by atoms with van der Waals surface area (Å²) in [5.74, 6) is 0. The minimum atomic E-state index is 0.460. The molecule has 0 radical (unpaired) electrons. The van der Waals surface area contributed by atoms with Crippen LogP contribution in [0.15, 0.2) is 0 Å². The molecule has 2 atom stereocenters. The van der Waals surface area contributed by atoms with E-state index in [-0.39, 0.29) is 0 Å². The van der Waals surface area contributed by atoms with Gasteiger partial charge >= 0.3 is 0 Å². The lowest BCUT2D eigenvalue weighted by molar-refractivity contribution is 0.370. The molecule has 0 aromatic rings. The van der Waals surface area contributed by atoms with E-state index in [2.05, 4.69) is 36.9 Å². The van der Waals surface area contributed by atoms with Gasteiger partial charge < -0.3 is 0 Å². The molecule has 0 saturated carbocycles. The first-order chi connectivity index (χ1) is 9.98. The Bertz CT molecular complexity index is 204. The lowest BCUT2D eigenvalue weighted by Crippen LogP contribution is -2.19. The summed E-state index contributed by atoms with van der Waals surface area (Å²) in [5.41, 5.74) is 1.24. The van der Waals surface area contributed by atoms with Crippen molar-refractivity contribution in [2.45, 2.75) is 123 Å². The summed E-state index contributed by atoms with van der Waals surface area (Å²) < 4.78 is 0. The summed E-state index contributed by atoms with van der Waals surface area (Å²) in [4.78, 5) is 0. The number of hydrogen-bond acceptors (Lipinski definition) is 0. The molecule has 0 heterocycles. The zero-order valence-corrected chi connectivity index (χ0v) is 16.7. The Morgan fingerprint density at radius 3 is 1.29 bits per heavy atom. The van der Waals surface area contributed by atoms with Crippen LogP contribution in [0.3, 0.4) is 0 Å². The Hall–Kier alpha value is 0.430. The van der Waals surface area contributed by atoms with E-state index in [9.17, 15) is 0 Å². The lowest BCUT2D eigenvalue weighted by atomic mass is 9.88. The van der Waals surface area contributed by atoms with Gasteiger partial charge in [0.2, 0.25) is 0 Å². The number of hydrogen-bond donors (Lipinski definition) is 0. The summed E-state index contributed by atoms with van der Waals surface area (Å²) in [6.07, 6.45) is 20.3. The second-order valence-electron chi connectivity index (χ2n) is 8.00. The predicted octanol–water partition coefficient (Wildman–Crippen LogP) is 7.76. The fourth-order valence-corrected chi connectivity index (χ4v) is 3.05. The first-order valence-corrected chi connectivity index (χ1v) is 10.4. The molecule has 0 saturated heterocycles. The first-order valence-electron chi connectivity index (χ1n) is 9.74. The molecule has 0 aromatic heterocycles. The molecule has 0 rings (SSSR count). The van der Waals surface area contributed by atoms with Crippen LogP contribution in [-0.4, -0.2) is 5.66 Å². The van der Waals surface area contributed by atoms with E-state index in [0.29, 0.717) is 5.41 Å². The van der Waals surface area contributed by atoms with Crippen molar-refractivity contribution < 1.29 is 0 Å². The van der Waals surface area contributed by atoms with Gasteiger partial charge in [-0.25, -0.2) is 0 Å². The molecule has 21 heavy (non-hydrogen) atoms. The third-order valence-corrected chi connectivity index (χ3v) is 6.06. The maximum absolute atomic E-state index is 3.05. The molecule has 0 bridgehead atoms. The lowest BCUT2D eigenvalue weighted by Gasteiger charge is -2.26. The minimum Gasteiger partial charge on any atom is -0.134 e. The van der Waals surface area contributed by atoms with Crippen LogP contribution in [0.1, 0.15) is 118 Å². The Balaban J connectivity index is 3.13. The van der Waals surface area contributed by atoms with E-state index in [0.717, 1.165) is 5.66 Å². The summed E-state index contributed by atoms with van der Waals surface area (Å²) in [6, 6.07) is 0. The average molecular weight is 315 g/mol. The van der Waals surface area contributed by atoms with Crippen molar-refractivity contribution in [1.82, 2.24) is 0 Å². The molecule has 128 valence electrons. The predicted molar refractivity (Wildman–Crippen MR) is 103 cm³/mol. The highest BCUT2D eigenvalue weighted by molar-refractivity contribution is 7.17. The average Bonchev–Trinajstić information content (AvgIpc) is 2.42. The van der Waals surface area contributed by atoms with Gasteiger partial charge in [0.05, 0.1) is 0 Å². The standard InChI is InChI=1S/C20H43P/c1-5-6-7-8-9-10-11-12-13-14-15-16-17-18-19(21)20(2,3)4/h19H,5-18,21H2,1-4H3. The SMILES string of the molecule is CCCCCCCCCCCCCCCC(P)C(C)(C)C. The Kier molecular flexibility index (Phi) is 14.3. The van der Waals surface area contributed by atoms with Gasteiger partial charge in [0.1, 0.15) is 0 Å². The van der Waals surface area contributed by atoms with Gasteiger partial charge in [-0.3, -0.25) is 0 Å².